The summed E-state index contributed by atoms with van der Waals surface area (Å²) in [6, 6.07) is 2.15. The summed E-state index contributed by atoms with van der Waals surface area (Å²) in [7, 11) is 1.61. The van der Waals surface area contributed by atoms with Gasteiger partial charge in [-0.2, -0.15) is 5.26 Å². The van der Waals surface area contributed by atoms with Gasteiger partial charge in [-0.25, -0.2) is 0 Å². The van der Waals surface area contributed by atoms with Crippen molar-refractivity contribution in [3.8, 4) is 6.07 Å². The molecule has 0 bridgehead atoms. The van der Waals surface area contributed by atoms with E-state index in [9.17, 15) is 0 Å². The Balaban J connectivity index is 3.07. The number of hydrogen-bond donors (Lipinski definition) is 0. The first-order valence-electron chi connectivity index (χ1n) is 6.77. The predicted molar refractivity (Wildman–Crippen MR) is 68.3 cm³/mol. The Morgan fingerprint density at radius 2 is 1.44 bits per heavy atom. The number of ether oxygens (including phenoxy) is 1. The summed E-state index contributed by atoms with van der Waals surface area (Å²) in [4.78, 5) is 0. The molecule has 0 aliphatic carbocycles. The number of hydrogen-bond acceptors (Lipinski definition) is 2. The molecule has 0 spiro atoms. The zero-order chi connectivity index (χ0) is 12.1. The minimum absolute atomic E-state index is 0.190. The predicted octanol–water partition coefficient (Wildman–Crippen LogP) is 4.45. The maximum Gasteiger partial charge on any atom is 0.143 e. The van der Waals surface area contributed by atoms with Crippen molar-refractivity contribution >= 4 is 0 Å². The van der Waals surface area contributed by atoms with Crippen LogP contribution in [0.2, 0.25) is 0 Å². The molecular formula is C14H27NO. The molecule has 16 heavy (non-hydrogen) atoms. The first-order valence-corrected chi connectivity index (χ1v) is 6.77. The Labute approximate surface area is 101 Å². The molecule has 0 aromatic carbocycles. The van der Waals surface area contributed by atoms with Crippen LogP contribution in [0.5, 0.6) is 0 Å². The standard InChI is InChI=1S/C14H27NO/c1-3-4-5-6-7-8-9-10-11-12-14(13-15)16-2/h14H,3-12H2,1-2H3. The average Bonchev–Trinajstić information content (AvgIpc) is 2.32. The monoisotopic (exact) mass is 225 g/mol. The Morgan fingerprint density at radius 3 is 1.88 bits per heavy atom. The topological polar surface area (TPSA) is 33.0 Å². The van der Waals surface area contributed by atoms with Gasteiger partial charge in [-0.3, -0.25) is 0 Å². The second-order valence-electron chi connectivity index (χ2n) is 4.47. The molecule has 2 nitrogen and oxygen atoms in total. The normalized spacial score (nSPS) is 12.3. The number of methoxy groups -OCH3 is 1. The largest absolute Gasteiger partial charge is 0.367 e. The van der Waals surface area contributed by atoms with Gasteiger partial charge in [0, 0.05) is 7.11 Å². The lowest BCUT2D eigenvalue weighted by atomic mass is 10.1. The molecule has 0 aliphatic rings. The van der Waals surface area contributed by atoms with Crippen LogP contribution in [-0.2, 0) is 4.74 Å². The van der Waals surface area contributed by atoms with Crippen molar-refractivity contribution in [2.45, 2.75) is 77.2 Å². The third-order valence-corrected chi connectivity index (χ3v) is 3.00. The summed E-state index contributed by atoms with van der Waals surface area (Å²) in [5, 5.41) is 8.67. The third-order valence-electron chi connectivity index (χ3n) is 3.00. The van der Waals surface area contributed by atoms with Crippen LogP contribution in [0.15, 0.2) is 0 Å². The fourth-order valence-corrected chi connectivity index (χ4v) is 1.88. The molecule has 0 aromatic rings. The highest BCUT2D eigenvalue weighted by Gasteiger charge is 2.03. The van der Waals surface area contributed by atoms with Gasteiger partial charge in [0.15, 0.2) is 0 Å². The van der Waals surface area contributed by atoms with Gasteiger partial charge in [-0.15, -0.1) is 0 Å². The fourth-order valence-electron chi connectivity index (χ4n) is 1.88. The van der Waals surface area contributed by atoms with E-state index in [2.05, 4.69) is 13.0 Å². The molecule has 0 fully saturated rings. The van der Waals surface area contributed by atoms with Crippen LogP contribution in [0.3, 0.4) is 0 Å². The lowest BCUT2D eigenvalue weighted by molar-refractivity contribution is 0.136. The molecule has 0 heterocycles. The van der Waals surface area contributed by atoms with Crippen molar-refractivity contribution in [1.82, 2.24) is 0 Å². The highest BCUT2D eigenvalue weighted by molar-refractivity contribution is 4.82. The Bertz CT molecular complexity index is 174. The van der Waals surface area contributed by atoms with Crippen molar-refractivity contribution in [2.75, 3.05) is 7.11 Å². The van der Waals surface area contributed by atoms with Crippen molar-refractivity contribution in [1.29, 1.82) is 5.26 Å². The molecule has 1 unspecified atom stereocenters. The van der Waals surface area contributed by atoms with Gasteiger partial charge in [-0.05, 0) is 12.8 Å². The molecule has 0 N–H and O–H groups in total. The summed E-state index contributed by atoms with van der Waals surface area (Å²) < 4.78 is 5.01. The van der Waals surface area contributed by atoms with E-state index in [1.807, 2.05) is 0 Å². The minimum atomic E-state index is -0.190. The number of nitrogens with zero attached hydrogens (tertiary/aromatic N) is 1. The lowest BCUT2D eigenvalue weighted by Gasteiger charge is -2.06. The molecule has 0 rings (SSSR count). The Hall–Kier alpha value is -0.550. The van der Waals surface area contributed by atoms with Crippen molar-refractivity contribution in [3.63, 3.8) is 0 Å². The SMILES string of the molecule is CCCCCCCCCCCC(C#N)OC. The van der Waals surface area contributed by atoms with Gasteiger partial charge in [-0.1, -0.05) is 58.3 Å². The summed E-state index contributed by atoms with van der Waals surface area (Å²) in [6.45, 7) is 2.25. The molecule has 0 aromatic heterocycles. The van der Waals surface area contributed by atoms with Crippen LogP contribution in [0.4, 0.5) is 0 Å². The summed E-state index contributed by atoms with van der Waals surface area (Å²) in [6.07, 6.45) is 12.6. The van der Waals surface area contributed by atoms with Crippen LogP contribution in [-0.4, -0.2) is 13.2 Å². The highest BCUT2D eigenvalue weighted by atomic mass is 16.5. The van der Waals surface area contributed by atoms with Crippen molar-refractivity contribution in [3.05, 3.63) is 0 Å². The van der Waals surface area contributed by atoms with Crippen LogP contribution < -0.4 is 0 Å². The van der Waals surface area contributed by atoms with E-state index < -0.39 is 0 Å². The molecule has 1 atom stereocenters. The van der Waals surface area contributed by atoms with Crippen LogP contribution in [0.1, 0.15) is 71.1 Å². The van der Waals surface area contributed by atoms with Gasteiger partial charge in [0.2, 0.25) is 0 Å². The average molecular weight is 225 g/mol. The quantitative estimate of drug-likeness (QED) is 0.487. The molecule has 0 saturated carbocycles. The van der Waals surface area contributed by atoms with Crippen LogP contribution >= 0.6 is 0 Å². The molecule has 0 radical (unpaired) electrons. The maximum atomic E-state index is 8.67. The van der Waals surface area contributed by atoms with Crippen LogP contribution in [0.25, 0.3) is 0 Å². The number of unbranched alkanes of at least 4 members (excludes halogenated alkanes) is 8. The van der Waals surface area contributed by atoms with Gasteiger partial charge in [0.25, 0.3) is 0 Å². The molecule has 94 valence electrons. The number of nitriles is 1. The van der Waals surface area contributed by atoms with Crippen molar-refractivity contribution in [2.24, 2.45) is 0 Å². The molecule has 0 saturated heterocycles. The summed E-state index contributed by atoms with van der Waals surface area (Å²) >= 11 is 0. The van der Waals surface area contributed by atoms with E-state index in [1.165, 1.54) is 51.4 Å². The fraction of sp³-hybridized carbons (Fsp3) is 0.929. The van der Waals surface area contributed by atoms with Crippen LogP contribution in [0, 0.1) is 11.3 Å². The molecule has 2 heteroatoms. The van der Waals surface area contributed by atoms with E-state index in [4.69, 9.17) is 10.00 Å². The van der Waals surface area contributed by atoms with E-state index in [0.717, 1.165) is 12.8 Å². The van der Waals surface area contributed by atoms with E-state index in [-0.39, 0.29) is 6.10 Å². The first kappa shape index (κ1) is 15.4. The van der Waals surface area contributed by atoms with E-state index >= 15 is 0 Å². The van der Waals surface area contributed by atoms with E-state index in [0.29, 0.717) is 0 Å². The lowest BCUT2D eigenvalue weighted by Crippen LogP contribution is -2.06. The van der Waals surface area contributed by atoms with Crippen molar-refractivity contribution < 1.29 is 4.74 Å². The molecule has 0 amide bonds. The minimum Gasteiger partial charge on any atom is -0.367 e. The smallest absolute Gasteiger partial charge is 0.143 e. The Morgan fingerprint density at radius 1 is 0.938 bits per heavy atom. The van der Waals surface area contributed by atoms with Gasteiger partial charge < -0.3 is 4.74 Å². The molecule has 0 aliphatic heterocycles. The highest BCUT2D eigenvalue weighted by Crippen LogP contribution is 2.11. The van der Waals surface area contributed by atoms with Gasteiger partial charge >= 0.3 is 0 Å². The van der Waals surface area contributed by atoms with E-state index in [1.54, 1.807) is 7.11 Å². The zero-order valence-electron chi connectivity index (χ0n) is 11.0. The second-order valence-corrected chi connectivity index (χ2v) is 4.47. The second kappa shape index (κ2) is 12.5. The maximum absolute atomic E-state index is 8.67. The molecular weight excluding hydrogens is 198 g/mol. The summed E-state index contributed by atoms with van der Waals surface area (Å²) in [5.41, 5.74) is 0. The third kappa shape index (κ3) is 9.98. The first-order chi connectivity index (χ1) is 7.85. The zero-order valence-corrected chi connectivity index (χ0v) is 11.0. The van der Waals surface area contributed by atoms with Gasteiger partial charge in [0.05, 0.1) is 6.07 Å². The Kier molecular flexibility index (Phi) is 12.1. The summed E-state index contributed by atoms with van der Waals surface area (Å²) in [5.74, 6) is 0. The number of rotatable bonds is 11. The van der Waals surface area contributed by atoms with Gasteiger partial charge in [0.1, 0.15) is 6.10 Å².